The van der Waals surface area contributed by atoms with Gasteiger partial charge < -0.3 is 14.6 Å². The van der Waals surface area contributed by atoms with Gasteiger partial charge in [0.05, 0.1) is 25.2 Å². The van der Waals surface area contributed by atoms with Crippen molar-refractivity contribution >= 4 is 5.97 Å². The third-order valence-electron chi connectivity index (χ3n) is 1.97. The molecule has 0 aromatic heterocycles. The fraction of sp³-hybridized carbons (Fsp3) is 0.900. The van der Waals surface area contributed by atoms with Crippen LogP contribution in [0.2, 0.25) is 0 Å². The van der Waals surface area contributed by atoms with Crippen molar-refractivity contribution in [3.63, 3.8) is 0 Å². The summed E-state index contributed by atoms with van der Waals surface area (Å²) in [4.78, 5) is 11.2. The largest absolute Gasteiger partial charge is 0.466 e. The van der Waals surface area contributed by atoms with Crippen LogP contribution in [-0.4, -0.2) is 37.0 Å². The molecular weight excluding hydrogens is 184 g/mol. The van der Waals surface area contributed by atoms with E-state index in [0.717, 1.165) is 12.8 Å². The fourth-order valence-electron chi connectivity index (χ4n) is 1.00. The van der Waals surface area contributed by atoms with Crippen molar-refractivity contribution in [2.45, 2.75) is 45.3 Å². The monoisotopic (exact) mass is 204 g/mol. The number of ether oxygens (including phenoxy) is 2. The third kappa shape index (κ3) is 5.94. The van der Waals surface area contributed by atoms with Gasteiger partial charge in [-0.05, 0) is 13.3 Å². The van der Waals surface area contributed by atoms with Gasteiger partial charge in [-0.25, -0.2) is 0 Å². The molecule has 0 saturated carbocycles. The molecule has 0 bridgehead atoms. The van der Waals surface area contributed by atoms with Crippen molar-refractivity contribution in [1.82, 2.24) is 0 Å². The Morgan fingerprint density at radius 1 is 1.50 bits per heavy atom. The van der Waals surface area contributed by atoms with Gasteiger partial charge in [0.25, 0.3) is 0 Å². The molecule has 14 heavy (non-hydrogen) atoms. The maximum atomic E-state index is 11.2. The van der Waals surface area contributed by atoms with E-state index in [2.05, 4.69) is 0 Å². The average molecular weight is 204 g/mol. The van der Waals surface area contributed by atoms with Gasteiger partial charge in [0, 0.05) is 7.11 Å². The quantitative estimate of drug-likeness (QED) is 0.498. The van der Waals surface area contributed by atoms with Gasteiger partial charge in [0.2, 0.25) is 0 Å². The van der Waals surface area contributed by atoms with Crippen LogP contribution in [0.1, 0.15) is 33.1 Å². The summed E-state index contributed by atoms with van der Waals surface area (Å²) in [5.74, 6) is -0.314. The Bertz CT molecular complexity index is 156. The molecule has 0 aliphatic carbocycles. The topological polar surface area (TPSA) is 55.8 Å². The highest BCUT2D eigenvalue weighted by atomic mass is 16.5. The van der Waals surface area contributed by atoms with Crippen molar-refractivity contribution in [1.29, 1.82) is 0 Å². The Kier molecular flexibility index (Phi) is 7.42. The number of aliphatic hydroxyl groups excluding tert-OH is 1. The maximum absolute atomic E-state index is 11.2. The third-order valence-corrected chi connectivity index (χ3v) is 1.97. The van der Waals surface area contributed by atoms with E-state index in [0.29, 0.717) is 6.61 Å². The summed E-state index contributed by atoms with van der Waals surface area (Å²) in [6.45, 7) is 4.07. The molecule has 1 N–H and O–H groups in total. The van der Waals surface area contributed by atoms with Crippen LogP contribution in [0.3, 0.4) is 0 Å². The summed E-state index contributed by atoms with van der Waals surface area (Å²) < 4.78 is 9.87. The second kappa shape index (κ2) is 7.76. The number of hydrogen-bond acceptors (Lipinski definition) is 4. The summed E-state index contributed by atoms with van der Waals surface area (Å²) >= 11 is 0. The van der Waals surface area contributed by atoms with E-state index in [4.69, 9.17) is 9.47 Å². The van der Waals surface area contributed by atoms with Crippen molar-refractivity contribution in [3.05, 3.63) is 0 Å². The zero-order valence-electron chi connectivity index (χ0n) is 9.16. The van der Waals surface area contributed by atoms with Gasteiger partial charge in [-0.15, -0.1) is 0 Å². The number of rotatable bonds is 7. The van der Waals surface area contributed by atoms with E-state index in [9.17, 15) is 9.90 Å². The minimum absolute atomic E-state index is 0.109. The Hall–Kier alpha value is -0.610. The predicted octanol–water partition coefficient (Wildman–Crippen LogP) is 1.12. The van der Waals surface area contributed by atoms with Gasteiger partial charge in [-0.1, -0.05) is 13.3 Å². The molecule has 4 nitrogen and oxygen atoms in total. The van der Waals surface area contributed by atoms with Crippen LogP contribution in [0.5, 0.6) is 0 Å². The van der Waals surface area contributed by atoms with Crippen molar-refractivity contribution in [3.8, 4) is 0 Å². The van der Waals surface area contributed by atoms with Crippen molar-refractivity contribution < 1.29 is 19.4 Å². The van der Waals surface area contributed by atoms with E-state index < -0.39 is 12.2 Å². The second-order valence-electron chi connectivity index (χ2n) is 3.29. The number of carbonyl (C=O) groups excluding carboxylic acids is 1. The molecule has 0 saturated heterocycles. The normalized spacial score (nSPS) is 14.9. The lowest BCUT2D eigenvalue weighted by molar-refractivity contribution is -0.148. The van der Waals surface area contributed by atoms with Crippen molar-refractivity contribution in [2.75, 3.05) is 13.7 Å². The zero-order chi connectivity index (χ0) is 11.0. The lowest BCUT2D eigenvalue weighted by Crippen LogP contribution is -2.28. The van der Waals surface area contributed by atoms with Crippen LogP contribution in [0.4, 0.5) is 0 Å². The first kappa shape index (κ1) is 13.4. The van der Waals surface area contributed by atoms with Crippen LogP contribution in [0.25, 0.3) is 0 Å². The maximum Gasteiger partial charge on any atom is 0.308 e. The number of esters is 1. The Labute approximate surface area is 85.2 Å². The van der Waals surface area contributed by atoms with E-state index >= 15 is 0 Å². The smallest absolute Gasteiger partial charge is 0.308 e. The van der Waals surface area contributed by atoms with Crippen LogP contribution in [0, 0.1) is 0 Å². The number of carbonyl (C=O) groups is 1. The Morgan fingerprint density at radius 2 is 2.14 bits per heavy atom. The van der Waals surface area contributed by atoms with Gasteiger partial charge in [-0.3, -0.25) is 4.79 Å². The summed E-state index contributed by atoms with van der Waals surface area (Å²) in [5.41, 5.74) is 0. The molecule has 2 atom stereocenters. The van der Waals surface area contributed by atoms with Crippen LogP contribution in [0.15, 0.2) is 0 Å². The number of methoxy groups -OCH3 is 1. The molecule has 84 valence electrons. The van der Waals surface area contributed by atoms with Crippen LogP contribution >= 0.6 is 0 Å². The van der Waals surface area contributed by atoms with E-state index in [1.165, 1.54) is 7.11 Å². The molecule has 0 rings (SSSR count). The Morgan fingerprint density at radius 3 is 2.57 bits per heavy atom. The second-order valence-corrected chi connectivity index (χ2v) is 3.29. The summed E-state index contributed by atoms with van der Waals surface area (Å²) in [7, 11) is 1.47. The SMILES string of the molecule is CCCCOC(=O)CC(OC)C(C)O. The molecule has 4 heteroatoms. The van der Waals surface area contributed by atoms with Crippen LogP contribution in [-0.2, 0) is 14.3 Å². The lowest BCUT2D eigenvalue weighted by Gasteiger charge is -2.16. The minimum Gasteiger partial charge on any atom is -0.466 e. The van der Waals surface area contributed by atoms with Crippen LogP contribution < -0.4 is 0 Å². The molecule has 0 fully saturated rings. The first-order valence-corrected chi connectivity index (χ1v) is 4.98. The number of hydrogen-bond donors (Lipinski definition) is 1. The highest BCUT2D eigenvalue weighted by Gasteiger charge is 2.18. The van der Waals surface area contributed by atoms with E-state index in [1.807, 2.05) is 6.92 Å². The van der Waals surface area contributed by atoms with E-state index in [1.54, 1.807) is 6.92 Å². The lowest BCUT2D eigenvalue weighted by atomic mass is 10.1. The van der Waals surface area contributed by atoms with Gasteiger partial charge >= 0.3 is 5.97 Å². The molecule has 0 amide bonds. The molecule has 0 radical (unpaired) electrons. The average Bonchev–Trinajstić information content (AvgIpc) is 2.14. The fourth-order valence-corrected chi connectivity index (χ4v) is 1.00. The molecular formula is C10H20O4. The Balaban J connectivity index is 3.68. The molecule has 0 aliphatic rings. The highest BCUT2D eigenvalue weighted by Crippen LogP contribution is 2.05. The molecule has 0 heterocycles. The predicted molar refractivity (Wildman–Crippen MR) is 53.0 cm³/mol. The first-order valence-electron chi connectivity index (χ1n) is 4.98. The molecule has 2 unspecified atom stereocenters. The van der Waals surface area contributed by atoms with Gasteiger partial charge in [0.1, 0.15) is 0 Å². The zero-order valence-corrected chi connectivity index (χ0v) is 9.16. The van der Waals surface area contributed by atoms with Gasteiger partial charge in [0.15, 0.2) is 0 Å². The number of unbranched alkanes of at least 4 members (excludes halogenated alkanes) is 1. The summed E-state index contributed by atoms with van der Waals surface area (Å²) in [6, 6.07) is 0. The standard InChI is InChI=1S/C10H20O4/c1-4-5-6-14-10(12)7-9(13-3)8(2)11/h8-9,11H,4-7H2,1-3H3. The summed E-state index contributed by atoms with van der Waals surface area (Å²) in [5, 5.41) is 9.20. The van der Waals surface area contributed by atoms with E-state index in [-0.39, 0.29) is 12.4 Å². The molecule has 0 aromatic rings. The van der Waals surface area contributed by atoms with Crippen molar-refractivity contribution in [2.24, 2.45) is 0 Å². The molecule has 0 aromatic carbocycles. The minimum atomic E-state index is -0.654. The van der Waals surface area contributed by atoms with Gasteiger partial charge in [-0.2, -0.15) is 0 Å². The highest BCUT2D eigenvalue weighted by molar-refractivity contribution is 5.70. The first-order chi connectivity index (χ1) is 6.61. The summed E-state index contributed by atoms with van der Waals surface area (Å²) in [6.07, 6.45) is 0.857. The molecule has 0 spiro atoms. The molecule has 0 aliphatic heterocycles. The number of aliphatic hydroxyl groups is 1.